The van der Waals surface area contributed by atoms with Gasteiger partial charge < -0.3 is 15.7 Å². The Labute approximate surface area is 105 Å². The molecule has 0 bridgehead atoms. The largest absolute Gasteiger partial charge is 0.507 e. The van der Waals surface area contributed by atoms with Crippen LogP contribution in [-0.4, -0.2) is 28.4 Å². The molecular formula is C13H16N4O. The highest BCUT2D eigenvalue weighted by Crippen LogP contribution is 2.33. The molecule has 2 aromatic rings. The minimum absolute atomic E-state index is 0.238. The van der Waals surface area contributed by atoms with E-state index in [2.05, 4.69) is 15.1 Å². The smallest absolute Gasteiger partial charge is 0.145 e. The van der Waals surface area contributed by atoms with Gasteiger partial charge in [0.2, 0.25) is 0 Å². The number of anilines is 2. The summed E-state index contributed by atoms with van der Waals surface area (Å²) in [6.07, 6.45) is 2.46. The maximum atomic E-state index is 9.93. The van der Waals surface area contributed by atoms with Gasteiger partial charge in [-0.15, -0.1) is 0 Å². The van der Waals surface area contributed by atoms with Crippen LogP contribution in [0.2, 0.25) is 0 Å². The van der Waals surface area contributed by atoms with Gasteiger partial charge in [0.05, 0.1) is 5.69 Å². The fourth-order valence-electron chi connectivity index (χ4n) is 2.39. The second-order valence-corrected chi connectivity index (χ2v) is 4.60. The number of benzene rings is 1. The van der Waals surface area contributed by atoms with Crippen LogP contribution in [0.3, 0.4) is 0 Å². The zero-order valence-corrected chi connectivity index (χ0v) is 10.1. The molecule has 94 valence electrons. The van der Waals surface area contributed by atoms with Crippen molar-refractivity contribution in [2.24, 2.45) is 0 Å². The third kappa shape index (κ3) is 1.88. The first-order valence-electron chi connectivity index (χ1n) is 6.13. The van der Waals surface area contributed by atoms with E-state index in [1.54, 1.807) is 12.1 Å². The summed E-state index contributed by atoms with van der Waals surface area (Å²) in [4.78, 5) is 2.32. The van der Waals surface area contributed by atoms with E-state index >= 15 is 0 Å². The van der Waals surface area contributed by atoms with Crippen LogP contribution in [0.4, 0.5) is 11.5 Å². The van der Waals surface area contributed by atoms with Gasteiger partial charge in [-0.25, -0.2) is 0 Å². The minimum atomic E-state index is 0.238. The summed E-state index contributed by atoms with van der Waals surface area (Å²) in [5.41, 5.74) is 8.21. The number of nitrogens with one attached hydrogen (secondary N) is 1. The van der Waals surface area contributed by atoms with E-state index in [0.29, 0.717) is 5.82 Å². The van der Waals surface area contributed by atoms with E-state index in [9.17, 15) is 5.11 Å². The van der Waals surface area contributed by atoms with Gasteiger partial charge in [-0.2, -0.15) is 5.10 Å². The number of nitrogen functional groups attached to an aromatic ring is 1. The lowest BCUT2D eigenvalue weighted by Crippen LogP contribution is -2.17. The van der Waals surface area contributed by atoms with Gasteiger partial charge in [0.15, 0.2) is 0 Å². The molecule has 0 aliphatic carbocycles. The Morgan fingerprint density at radius 3 is 2.67 bits per heavy atom. The van der Waals surface area contributed by atoms with Crippen molar-refractivity contribution >= 4 is 11.5 Å². The van der Waals surface area contributed by atoms with Crippen LogP contribution in [0.5, 0.6) is 5.75 Å². The number of aromatic hydroxyl groups is 1. The zero-order valence-electron chi connectivity index (χ0n) is 10.1. The summed E-state index contributed by atoms with van der Waals surface area (Å²) in [6, 6.07) is 7.38. The maximum absolute atomic E-state index is 9.93. The Hall–Kier alpha value is -2.17. The van der Waals surface area contributed by atoms with Crippen molar-refractivity contribution in [2.45, 2.75) is 12.8 Å². The summed E-state index contributed by atoms with van der Waals surface area (Å²) in [7, 11) is 0. The number of nitrogens with zero attached hydrogens (tertiary/aromatic N) is 2. The number of phenolic OH excluding ortho intramolecular Hbond substituents is 1. The molecule has 2 heterocycles. The van der Waals surface area contributed by atoms with E-state index in [4.69, 9.17) is 5.73 Å². The molecule has 18 heavy (non-hydrogen) atoms. The number of aromatic nitrogens is 2. The lowest BCUT2D eigenvalue weighted by atomic mass is 10.1. The summed E-state index contributed by atoms with van der Waals surface area (Å²) in [6.45, 7) is 2.16. The van der Waals surface area contributed by atoms with Gasteiger partial charge in [0, 0.05) is 30.4 Å². The summed E-state index contributed by atoms with van der Waals surface area (Å²) in [5, 5.41) is 16.6. The number of nitrogens with two attached hydrogens (primary N) is 1. The van der Waals surface area contributed by atoms with Crippen LogP contribution in [-0.2, 0) is 0 Å². The monoisotopic (exact) mass is 244 g/mol. The van der Waals surface area contributed by atoms with Gasteiger partial charge in [-0.1, -0.05) is 0 Å². The highest BCUT2D eigenvalue weighted by Gasteiger charge is 2.15. The van der Waals surface area contributed by atoms with E-state index in [1.165, 1.54) is 12.8 Å². The van der Waals surface area contributed by atoms with Crippen LogP contribution < -0.4 is 10.6 Å². The van der Waals surface area contributed by atoms with Crippen molar-refractivity contribution in [1.82, 2.24) is 10.2 Å². The SMILES string of the molecule is Nc1cc(-c2cc(N3CCCC3)ccc2O)[nH]n1. The topological polar surface area (TPSA) is 78.2 Å². The third-order valence-electron chi connectivity index (χ3n) is 3.34. The second kappa shape index (κ2) is 4.25. The molecule has 3 rings (SSSR count). The number of rotatable bonds is 2. The minimum Gasteiger partial charge on any atom is -0.507 e. The van der Waals surface area contributed by atoms with Crippen LogP contribution in [0.1, 0.15) is 12.8 Å². The highest BCUT2D eigenvalue weighted by molar-refractivity contribution is 5.73. The average Bonchev–Trinajstić information content (AvgIpc) is 3.01. The Morgan fingerprint density at radius 2 is 2.00 bits per heavy atom. The summed E-state index contributed by atoms with van der Waals surface area (Å²) >= 11 is 0. The van der Waals surface area contributed by atoms with Crippen molar-refractivity contribution in [2.75, 3.05) is 23.7 Å². The fraction of sp³-hybridized carbons (Fsp3) is 0.308. The van der Waals surface area contributed by atoms with E-state index in [0.717, 1.165) is 30.0 Å². The normalized spacial score (nSPS) is 15.2. The first kappa shape index (κ1) is 11.0. The molecule has 1 aliphatic heterocycles. The van der Waals surface area contributed by atoms with Crippen molar-refractivity contribution in [3.63, 3.8) is 0 Å². The Morgan fingerprint density at radius 1 is 1.22 bits per heavy atom. The maximum Gasteiger partial charge on any atom is 0.145 e. The van der Waals surface area contributed by atoms with Crippen molar-refractivity contribution in [3.05, 3.63) is 24.3 Å². The van der Waals surface area contributed by atoms with E-state index in [1.807, 2.05) is 12.1 Å². The molecular weight excluding hydrogens is 228 g/mol. The summed E-state index contributed by atoms with van der Waals surface area (Å²) in [5.74, 6) is 0.664. The predicted octanol–water partition coefficient (Wildman–Crippen LogP) is 1.96. The molecule has 5 heteroatoms. The van der Waals surface area contributed by atoms with E-state index < -0.39 is 0 Å². The standard InChI is InChI=1S/C13H16N4O/c14-13-8-11(15-16-13)10-7-9(3-4-12(10)18)17-5-1-2-6-17/h3-4,7-8,18H,1-2,5-6H2,(H3,14,15,16). The molecule has 0 atom stereocenters. The summed E-state index contributed by atoms with van der Waals surface area (Å²) < 4.78 is 0. The molecule has 1 aromatic carbocycles. The molecule has 1 aliphatic rings. The predicted molar refractivity (Wildman–Crippen MR) is 71.5 cm³/mol. The molecule has 0 unspecified atom stereocenters. The highest BCUT2D eigenvalue weighted by atomic mass is 16.3. The van der Waals surface area contributed by atoms with E-state index in [-0.39, 0.29) is 5.75 Å². The lowest BCUT2D eigenvalue weighted by molar-refractivity contribution is 0.477. The number of aromatic amines is 1. The van der Waals surface area contributed by atoms with Crippen molar-refractivity contribution in [1.29, 1.82) is 0 Å². The Bertz CT molecular complexity index is 558. The molecule has 4 N–H and O–H groups in total. The Kier molecular flexibility index (Phi) is 2.59. The fourth-order valence-corrected chi connectivity index (χ4v) is 2.39. The van der Waals surface area contributed by atoms with Gasteiger partial charge in [0.1, 0.15) is 11.6 Å². The molecule has 1 aromatic heterocycles. The van der Waals surface area contributed by atoms with Gasteiger partial charge >= 0.3 is 0 Å². The number of hydrogen-bond acceptors (Lipinski definition) is 4. The molecule has 0 radical (unpaired) electrons. The van der Waals surface area contributed by atoms with Crippen LogP contribution in [0, 0.1) is 0 Å². The van der Waals surface area contributed by atoms with Gasteiger partial charge in [-0.05, 0) is 31.0 Å². The molecule has 1 fully saturated rings. The van der Waals surface area contributed by atoms with Crippen molar-refractivity contribution < 1.29 is 5.11 Å². The third-order valence-corrected chi connectivity index (χ3v) is 3.34. The lowest BCUT2D eigenvalue weighted by Gasteiger charge is -2.18. The van der Waals surface area contributed by atoms with Crippen LogP contribution in [0.25, 0.3) is 11.3 Å². The number of phenols is 1. The van der Waals surface area contributed by atoms with Crippen LogP contribution in [0.15, 0.2) is 24.3 Å². The first-order chi connectivity index (χ1) is 8.74. The van der Waals surface area contributed by atoms with Gasteiger partial charge in [-0.3, -0.25) is 5.10 Å². The number of hydrogen-bond donors (Lipinski definition) is 3. The first-order valence-corrected chi connectivity index (χ1v) is 6.13. The molecule has 1 saturated heterocycles. The Balaban J connectivity index is 2.00. The quantitative estimate of drug-likeness (QED) is 0.754. The molecule has 0 amide bonds. The zero-order chi connectivity index (χ0) is 12.5. The molecule has 5 nitrogen and oxygen atoms in total. The number of H-pyrrole nitrogens is 1. The van der Waals surface area contributed by atoms with Gasteiger partial charge in [0.25, 0.3) is 0 Å². The van der Waals surface area contributed by atoms with Crippen molar-refractivity contribution in [3.8, 4) is 17.0 Å². The molecule has 0 saturated carbocycles. The molecule has 0 spiro atoms. The average molecular weight is 244 g/mol. The second-order valence-electron chi connectivity index (χ2n) is 4.60. The van der Waals surface area contributed by atoms with Crippen LogP contribution >= 0.6 is 0 Å².